The van der Waals surface area contributed by atoms with E-state index in [4.69, 9.17) is 14.2 Å². The largest absolute Gasteiger partial charge is 0.462 e. The Balaban J connectivity index is 4.36. The van der Waals surface area contributed by atoms with Crippen LogP contribution in [0.5, 0.6) is 0 Å². The summed E-state index contributed by atoms with van der Waals surface area (Å²) in [5.74, 6) is -0.967. The summed E-state index contributed by atoms with van der Waals surface area (Å²) in [5.41, 5.74) is 0. The molecule has 0 aliphatic heterocycles. The van der Waals surface area contributed by atoms with Crippen molar-refractivity contribution >= 4 is 17.9 Å². The van der Waals surface area contributed by atoms with Crippen molar-refractivity contribution in [2.24, 2.45) is 0 Å². The zero-order valence-corrected chi connectivity index (χ0v) is 32.8. The molecule has 0 saturated carbocycles. The minimum absolute atomic E-state index is 0.0953. The SMILES string of the molecule is CC/C=C\C/C=C\C/C=C\CCCCCCCC(=O)OCC(COC(=O)CCCCCCC)OC(=O)CCCCC/C=C\C/C=C\C/C=C\CC. The van der Waals surface area contributed by atoms with E-state index < -0.39 is 6.10 Å². The summed E-state index contributed by atoms with van der Waals surface area (Å²) in [6.07, 6.45) is 47.7. The number of allylic oxidation sites excluding steroid dienone is 12. The second-order valence-electron chi connectivity index (χ2n) is 13.1. The van der Waals surface area contributed by atoms with Crippen LogP contribution in [-0.2, 0) is 28.6 Å². The van der Waals surface area contributed by atoms with Crippen molar-refractivity contribution in [3.8, 4) is 0 Å². The summed E-state index contributed by atoms with van der Waals surface area (Å²) < 4.78 is 16.5. The van der Waals surface area contributed by atoms with Crippen LogP contribution in [0, 0.1) is 0 Å². The molecule has 6 nitrogen and oxygen atoms in total. The van der Waals surface area contributed by atoms with Crippen molar-refractivity contribution in [3.05, 3.63) is 72.9 Å². The molecule has 0 fully saturated rings. The number of rotatable bonds is 35. The molecule has 0 aliphatic carbocycles. The first kappa shape index (κ1) is 47.8. The first-order valence-electron chi connectivity index (χ1n) is 20.4. The van der Waals surface area contributed by atoms with E-state index in [0.29, 0.717) is 12.8 Å². The van der Waals surface area contributed by atoms with Crippen LogP contribution in [0.3, 0.4) is 0 Å². The van der Waals surface area contributed by atoms with Gasteiger partial charge in [0.05, 0.1) is 0 Å². The van der Waals surface area contributed by atoms with Gasteiger partial charge >= 0.3 is 17.9 Å². The molecule has 51 heavy (non-hydrogen) atoms. The molecule has 0 rings (SSSR count). The number of hydrogen-bond acceptors (Lipinski definition) is 6. The van der Waals surface area contributed by atoms with Gasteiger partial charge in [0.1, 0.15) is 13.2 Å². The van der Waals surface area contributed by atoms with Gasteiger partial charge < -0.3 is 14.2 Å². The van der Waals surface area contributed by atoms with E-state index in [9.17, 15) is 14.4 Å². The molecular weight excluding hydrogens is 636 g/mol. The minimum Gasteiger partial charge on any atom is -0.462 e. The third-order valence-corrected chi connectivity index (χ3v) is 8.21. The summed E-state index contributed by atoms with van der Waals surface area (Å²) in [4.78, 5) is 37.3. The predicted molar refractivity (Wildman–Crippen MR) is 214 cm³/mol. The summed E-state index contributed by atoms with van der Waals surface area (Å²) in [6.45, 7) is 6.25. The zero-order valence-electron chi connectivity index (χ0n) is 32.8. The topological polar surface area (TPSA) is 78.9 Å². The van der Waals surface area contributed by atoms with E-state index >= 15 is 0 Å². The summed E-state index contributed by atoms with van der Waals surface area (Å²) in [7, 11) is 0. The van der Waals surface area contributed by atoms with E-state index in [0.717, 1.165) is 135 Å². The van der Waals surface area contributed by atoms with Crippen molar-refractivity contribution in [3.63, 3.8) is 0 Å². The highest BCUT2D eigenvalue weighted by atomic mass is 16.6. The molecule has 0 saturated heterocycles. The highest BCUT2D eigenvalue weighted by Crippen LogP contribution is 2.11. The predicted octanol–water partition coefficient (Wildman–Crippen LogP) is 12.7. The van der Waals surface area contributed by atoms with Crippen LogP contribution in [0.1, 0.15) is 175 Å². The maximum absolute atomic E-state index is 12.6. The maximum Gasteiger partial charge on any atom is 0.306 e. The lowest BCUT2D eigenvalue weighted by atomic mass is 10.1. The Morgan fingerprint density at radius 1 is 0.412 bits per heavy atom. The van der Waals surface area contributed by atoms with Crippen LogP contribution >= 0.6 is 0 Å². The van der Waals surface area contributed by atoms with Crippen LogP contribution in [0.15, 0.2) is 72.9 Å². The van der Waals surface area contributed by atoms with Gasteiger partial charge in [-0.05, 0) is 83.5 Å². The van der Waals surface area contributed by atoms with Gasteiger partial charge in [-0.1, -0.05) is 145 Å². The van der Waals surface area contributed by atoms with E-state index in [1.165, 1.54) is 0 Å². The monoisotopic (exact) mass is 711 g/mol. The Bertz CT molecular complexity index is 1000. The van der Waals surface area contributed by atoms with Crippen molar-refractivity contribution in [2.45, 2.75) is 181 Å². The molecule has 0 heterocycles. The Hall–Kier alpha value is -3.15. The van der Waals surface area contributed by atoms with Crippen LogP contribution in [0.25, 0.3) is 0 Å². The van der Waals surface area contributed by atoms with E-state index in [-0.39, 0.29) is 37.5 Å². The van der Waals surface area contributed by atoms with Crippen molar-refractivity contribution in [2.75, 3.05) is 13.2 Å². The Labute approximate surface area is 312 Å². The molecule has 1 unspecified atom stereocenters. The Morgan fingerprint density at radius 2 is 0.765 bits per heavy atom. The fourth-order valence-electron chi connectivity index (χ4n) is 5.17. The van der Waals surface area contributed by atoms with E-state index in [2.05, 4.69) is 93.7 Å². The first-order valence-corrected chi connectivity index (χ1v) is 20.4. The third kappa shape index (κ3) is 37.9. The van der Waals surface area contributed by atoms with Gasteiger partial charge in [0.25, 0.3) is 0 Å². The molecular formula is C45H74O6. The second-order valence-corrected chi connectivity index (χ2v) is 13.1. The van der Waals surface area contributed by atoms with E-state index in [1.54, 1.807) is 0 Å². The average Bonchev–Trinajstić information content (AvgIpc) is 3.12. The highest BCUT2D eigenvalue weighted by Gasteiger charge is 2.19. The van der Waals surface area contributed by atoms with Crippen LogP contribution in [0.2, 0.25) is 0 Å². The van der Waals surface area contributed by atoms with Crippen molar-refractivity contribution in [1.29, 1.82) is 0 Å². The second kappa shape index (κ2) is 39.6. The fourth-order valence-corrected chi connectivity index (χ4v) is 5.17. The molecule has 0 N–H and O–H groups in total. The lowest BCUT2D eigenvalue weighted by molar-refractivity contribution is -0.167. The Kier molecular flexibility index (Phi) is 37.2. The molecule has 0 aromatic rings. The van der Waals surface area contributed by atoms with Crippen LogP contribution in [-0.4, -0.2) is 37.2 Å². The normalized spacial score (nSPS) is 12.8. The van der Waals surface area contributed by atoms with Gasteiger partial charge in [-0.3, -0.25) is 14.4 Å². The zero-order chi connectivity index (χ0) is 37.3. The molecule has 0 radical (unpaired) electrons. The van der Waals surface area contributed by atoms with Gasteiger partial charge in [0.2, 0.25) is 0 Å². The molecule has 0 aliphatic rings. The third-order valence-electron chi connectivity index (χ3n) is 8.21. The number of hydrogen-bond donors (Lipinski definition) is 0. The summed E-state index contributed by atoms with van der Waals surface area (Å²) in [6, 6.07) is 0. The van der Waals surface area contributed by atoms with Gasteiger partial charge in [0, 0.05) is 19.3 Å². The molecule has 0 amide bonds. The maximum atomic E-state index is 12.6. The molecule has 0 spiro atoms. The van der Waals surface area contributed by atoms with Gasteiger partial charge in [0.15, 0.2) is 6.10 Å². The summed E-state index contributed by atoms with van der Waals surface area (Å²) in [5, 5.41) is 0. The molecule has 0 bridgehead atoms. The highest BCUT2D eigenvalue weighted by molar-refractivity contribution is 5.71. The number of carbonyl (C=O) groups is 3. The molecule has 0 aromatic heterocycles. The van der Waals surface area contributed by atoms with Crippen molar-refractivity contribution < 1.29 is 28.6 Å². The lowest BCUT2D eigenvalue weighted by Gasteiger charge is -2.18. The fraction of sp³-hybridized carbons (Fsp3) is 0.667. The number of unbranched alkanes of at least 4 members (excludes halogenated alkanes) is 12. The van der Waals surface area contributed by atoms with Gasteiger partial charge in [-0.25, -0.2) is 0 Å². The minimum atomic E-state index is -0.791. The van der Waals surface area contributed by atoms with Gasteiger partial charge in [-0.15, -0.1) is 0 Å². The van der Waals surface area contributed by atoms with Crippen LogP contribution in [0.4, 0.5) is 0 Å². The quantitative estimate of drug-likeness (QED) is 0.0282. The average molecular weight is 711 g/mol. The smallest absolute Gasteiger partial charge is 0.306 e. The molecule has 0 aromatic carbocycles. The Morgan fingerprint density at radius 3 is 1.22 bits per heavy atom. The van der Waals surface area contributed by atoms with Gasteiger partial charge in [-0.2, -0.15) is 0 Å². The summed E-state index contributed by atoms with van der Waals surface area (Å²) >= 11 is 0. The molecule has 6 heteroatoms. The molecule has 1 atom stereocenters. The van der Waals surface area contributed by atoms with Crippen molar-refractivity contribution in [1.82, 2.24) is 0 Å². The molecule has 290 valence electrons. The standard InChI is InChI=1S/C45H74O6/c1-4-7-10-13-15-17-19-21-22-24-25-27-29-32-35-38-44(47)50-41-42(40-49-43(46)37-34-31-12-9-6-3)51-45(48)39-36-33-30-28-26-23-20-18-16-14-11-8-5-2/h7-8,10-11,15-18,21-23,26,42H,4-6,9,12-14,19-20,24-25,27-41H2,1-3H3/b10-7-,11-8-,17-15-,18-16-,22-21-,26-23-. The number of esters is 3. The lowest BCUT2D eigenvalue weighted by Crippen LogP contribution is -2.30. The number of ether oxygens (including phenoxy) is 3. The van der Waals surface area contributed by atoms with E-state index in [1.807, 2.05) is 0 Å². The number of carbonyl (C=O) groups excluding carboxylic acids is 3. The first-order chi connectivity index (χ1) is 25.0. The van der Waals surface area contributed by atoms with Crippen LogP contribution < -0.4 is 0 Å².